The van der Waals surface area contributed by atoms with Crippen molar-refractivity contribution in [1.29, 1.82) is 0 Å². The molecule has 16 heavy (non-hydrogen) atoms. The minimum atomic E-state index is 0.761. The van der Waals surface area contributed by atoms with Gasteiger partial charge >= 0.3 is 0 Å². The second-order valence-corrected chi connectivity index (χ2v) is 6.23. The molecule has 1 aliphatic rings. The molecule has 0 aromatic carbocycles. The Kier molecular flexibility index (Phi) is 4.42. The van der Waals surface area contributed by atoms with E-state index in [1.807, 2.05) is 0 Å². The summed E-state index contributed by atoms with van der Waals surface area (Å²) in [4.78, 5) is 0. The summed E-state index contributed by atoms with van der Waals surface area (Å²) in [5.41, 5.74) is 1.48. The third kappa shape index (κ3) is 3.60. The summed E-state index contributed by atoms with van der Waals surface area (Å²) in [6.07, 6.45) is 5.34. The second-order valence-electron chi connectivity index (χ2n) is 5.45. The highest BCUT2D eigenvalue weighted by atomic mass is 32.1. The maximum absolute atomic E-state index is 3.73. The SMILES string of the molecule is CC1CC(C)CC(NCCc2ccsc2)C1. The van der Waals surface area contributed by atoms with Crippen LogP contribution in [0.2, 0.25) is 0 Å². The first kappa shape index (κ1) is 12.1. The molecule has 1 N–H and O–H groups in total. The van der Waals surface area contributed by atoms with Crippen molar-refractivity contribution in [2.24, 2.45) is 11.8 Å². The van der Waals surface area contributed by atoms with Gasteiger partial charge in [-0.3, -0.25) is 0 Å². The van der Waals surface area contributed by atoms with Crippen molar-refractivity contribution in [3.63, 3.8) is 0 Å². The molecule has 0 radical (unpaired) electrons. The highest BCUT2D eigenvalue weighted by Gasteiger charge is 2.22. The molecule has 0 bridgehead atoms. The van der Waals surface area contributed by atoms with E-state index in [4.69, 9.17) is 0 Å². The lowest BCUT2D eigenvalue weighted by atomic mass is 9.80. The van der Waals surface area contributed by atoms with E-state index in [-0.39, 0.29) is 0 Å². The smallest absolute Gasteiger partial charge is 0.00722 e. The summed E-state index contributed by atoms with van der Waals surface area (Å²) in [5, 5.41) is 8.15. The topological polar surface area (TPSA) is 12.0 Å². The highest BCUT2D eigenvalue weighted by molar-refractivity contribution is 7.07. The van der Waals surface area contributed by atoms with Gasteiger partial charge in [-0.1, -0.05) is 13.8 Å². The van der Waals surface area contributed by atoms with Crippen LogP contribution in [0.15, 0.2) is 16.8 Å². The molecule has 1 fully saturated rings. The first-order chi connectivity index (χ1) is 7.74. The quantitative estimate of drug-likeness (QED) is 0.842. The van der Waals surface area contributed by atoms with Crippen molar-refractivity contribution in [2.45, 2.75) is 45.6 Å². The van der Waals surface area contributed by atoms with E-state index in [0.717, 1.165) is 24.4 Å². The molecule has 2 atom stereocenters. The standard InChI is InChI=1S/C14H23NS/c1-11-7-12(2)9-14(8-11)15-5-3-13-4-6-16-10-13/h4,6,10-12,14-15H,3,5,7-9H2,1-2H3. The summed E-state index contributed by atoms with van der Waals surface area (Å²) in [5.74, 6) is 1.81. The van der Waals surface area contributed by atoms with E-state index >= 15 is 0 Å². The fraction of sp³-hybridized carbons (Fsp3) is 0.714. The molecule has 0 spiro atoms. The fourth-order valence-corrected chi connectivity index (χ4v) is 3.67. The van der Waals surface area contributed by atoms with Crippen molar-refractivity contribution in [2.75, 3.05) is 6.54 Å². The Morgan fingerprint density at radius 3 is 2.62 bits per heavy atom. The zero-order chi connectivity index (χ0) is 11.4. The summed E-state index contributed by atoms with van der Waals surface area (Å²) in [6, 6.07) is 3.00. The van der Waals surface area contributed by atoms with Crippen LogP contribution in [-0.4, -0.2) is 12.6 Å². The Morgan fingerprint density at radius 1 is 1.25 bits per heavy atom. The van der Waals surface area contributed by atoms with Gasteiger partial charge < -0.3 is 5.32 Å². The van der Waals surface area contributed by atoms with Gasteiger partial charge in [0.1, 0.15) is 0 Å². The second kappa shape index (κ2) is 5.83. The average Bonchev–Trinajstić information content (AvgIpc) is 2.69. The van der Waals surface area contributed by atoms with Crippen molar-refractivity contribution in [3.05, 3.63) is 22.4 Å². The van der Waals surface area contributed by atoms with E-state index in [0.29, 0.717) is 0 Å². The molecule has 1 saturated carbocycles. The van der Waals surface area contributed by atoms with Gasteiger partial charge in [0.2, 0.25) is 0 Å². The first-order valence-electron chi connectivity index (χ1n) is 6.48. The molecule has 0 saturated heterocycles. The van der Waals surface area contributed by atoms with Crippen LogP contribution in [-0.2, 0) is 6.42 Å². The first-order valence-corrected chi connectivity index (χ1v) is 7.42. The molecular weight excluding hydrogens is 214 g/mol. The third-order valence-corrected chi connectivity index (χ3v) is 4.34. The Hall–Kier alpha value is -0.340. The van der Waals surface area contributed by atoms with Crippen LogP contribution in [0.1, 0.15) is 38.7 Å². The maximum atomic E-state index is 3.73. The van der Waals surface area contributed by atoms with Crippen molar-refractivity contribution in [1.82, 2.24) is 5.32 Å². The molecule has 0 aliphatic heterocycles. The molecule has 2 heteroatoms. The summed E-state index contributed by atoms with van der Waals surface area (Å²) in [7, 11) is 0. The van der Waals surface area contributed by atoms with Crippen molar-refractivity contribution >= 4 is 11.3 Å². The van der Waals surface area contributed by atoms with E-state index in [1.54, 1.807) is 11.3 Å². The molecule has 2 rings (SSSR count). The van der Waals surface area contributed by atoms with Gasteiger partial charge in [0, 0.05) is 6.04 Å². The number of hydrogen-bond donors (Lipinski definition) is 1. The summed E-state index contributed by atoms with van der Waals surface area (Å²) >= 11 is 1.80. The minimum absolute atomic E-state index is 0.761. The van der Waals surface area contributed by atoms with Gasteiger partial charge in [0.25, 0.3) is 0 Å². The molecule has 90 valence electrons. The van der Waals surface area contributed by atoms with Crippen LogP contribution in [0.5, 0.6) is 0 Å². The fourth-order valence-electron chi connectivity index (χ4n) is 2.97. The van der Waals surface area contributed by atoms with Gasteiger partial charge in [0.05, 0.1) is 0 Å². The average molecular weight is 237 g/mol. The monoisotopic (exact) mass is 237 g/mol. The van der Waals surface area contributed by atoms with Gasteiger partial charge in [-0.25, -0.2) is 0 Å². The number of hydrogen-bond acceptors (Lipinski definition) is 2. The highest BCUT2D eigenvalue weighted by Crippen LogP contribution is 2.28. The summed E-state index contributed by atoms with van der Waals surface area (Å²) in [6.45, 7) is 5.92. The zero-order valence-corrected chi connectivity index (χ0v) is 11.2. The summed E-state index contributed by atoms with van der Waals surface area (Å²) < 4.78 is 0. The van der Waals surface area contributed by atoms with Crippen LogP contribution in [0.3, 0.4) is 0 Å². The number of rotatable bonds is 4. The Labute approximate surface area is 103 Å². The van der Waals surface area contributed by atoms with Crippen LogP contribution in [0.4, 0.5) is 0 Å². The number of thiophene rings is 1. The molecule has 0 amide bonds. The normalized spacial score (nSPS) is 30.5. The van der Waals surface area contributed by atoms with Crippen LogP contribution >= 0.6 is 11.3 Å². The van der Waals surface area contributed by atoms with Gasteiger partial charge in [-0.05, 0) is 66.5 Å². The zero-order valence-electron chi connectivity index (χ0n) is 10.4. The van der Waals surface area contributed by atoms with E-state index < -0.39 is 0 Å². The Bertz CT molecular complexity index is 284. The lowest BCUT2D eigenvalue weighted by molar-refractivity contribution is 0.240. The van der Waals surface area contributed by atoms with Crippen LogP contribution < -0.4 is 5.32 Å². The van der Waals surface area contributed by atoms with Gasteiger partial charge in [-0.15, -0.1) is 0 Å². The maximum Gasteiger partial charge on any atom is 0.00722 e. The van der Waals surface area contributed by atoms with Gasteiger partial charge in [-0.2, -0.15) is 11.3 Å². The van der Waals surface area contributed by atoms with E-state index in [2.05, 4.69) is 36.0 Å². The predicted octanol–water partition coefficient (Wildman–Crippen LogP) is 3.70. The molecule has 1 aromatic rings. The lowest BCUT2D eigenvalue weighted by Crippen LogP contribution is -2.37. The largest absolute Gasteiger partial charge is 0.314 e. The predicted molar refractivity (Wildman–Crippen MR) is 72.0 cm³/mol. The molecule has 1 nitrogen and oxygen atoms in total. The molecule has 1 aliphatic carbocycles. The Balaban J connectivity index is 1.69. The molecule has 1 heterocycles. The van der Waals surface area contributed by atoms with Crippen molar-refractivity contribution in [3.8, 4) is 0 Å². The third-order valence-electron chi connectivity index (χ3n) is 3.61. The van der Waals surface area contributed by atoms with Crippen LogP contribution in [0, 0.1) is 11.8 Å². The van der Waals surface area contributed by atoms with Crippen LogP contribution in [0.25, 0.3) is 0 Å². The Morgan fingerprint density at radius 2 is 2.00 bits per heavy atom. The molecule has 2 unspecified atom stereocenters. The van der Waals surface area contributed by atoms with Gasteiger partial charge in [0.15, 0.2) is 0 Å². The van der Waals surface area contributed by atoms with E-state index in [9.17, 15) is 0 Å². The van der Waals surface area contributed by atoms with E-state index in [1.165, 1.54) is 31.2 Å². The number of nitrogens with one attached hydrogen (secondary N) is 1. The minimum Gasteiger partial charge on any atom is -0.314 e. The lowest BCUT2D eigenvalue weighted by Gasteiger charge is -2.32. The molecular formula is C14H23NS. The van der Waals surface area contributed by atoms with Crippen molar-refractivity contribution < 1.29 is 0 Å². The molecule has 1 aromatic heterocycles.